The molecule has 2 N–H and O–H groups in total. The molecule has 2 heterocycles. The Bertz CT molecular complexity index is 1120. The van der Waals surface area contributed by atoms with E-state index in [0.717, 1.165) is 18.0 Å². The number of nitrogens with one attached hydrogen (secondary N) is 1. The van der Waals surface area contributed by atoms with Gasteiger partial charge in [0, 0.05) is 30.7 Å². The van der Waals surface area contributed by atoms with Gasteiger partial charge in [0.25, 0.3) is 6.43 Å². The van der Waals surface area contributed by atoms with Crippen molar-refractivity contribution in [2.45, 2.75) is 18.7 Å². The number of benzene rings is 2. The Morgan fingerprint density at radius 3 is 2.32 bits per heavy atom. The number of aliphatic hydroxyl groups is 1. The first kappa shape index (κ1) is 23.8. The van der Waals surface area contributed by atoms with Crippen molar-refractivity contribution in [3.05, 3.63) is 66.0 Å². The maximum atomic E-state index is 13.0. The van der Waals surface area contributed by atoms with Crippen molar-refractivity contribution >= 4 is 17.3 Å². The maximum Gasteiger partial charge on any atom is 0.433 e. The summed E-state index contributed by atoms with van der Waals surface area (Å²) in [5, 5.41) is 12.4. The Morgan fingerprint density at radius 1 is 0.971 bits per heavy atom. The number of anilines is 3. The molecule has 3 aromatic rings. The molecule has 6 nitrogen and oxygen atoms in total. The van der Waals surface area contributed by atoms with Gasteiger partial charge in [-0.15, -0.1) is 0 Å². The predicted octanol–water partition coefficient (Wildman–Crippen LogP) is 5.04. The molecule has 2 aromatic carbocycles. The summed E-state index contributed by atoms with van der Waals surface area (Å²) >= 11 is 0. The zero-order chi connectivity index (χ0) is 24.3. The standard InChI is InChI=1S/C23H21F5N4O2/c24-21(25)20(33)15-3-1-14(2-4-15)16-11-17(13-18(12-16)32-7-9-34-10-8-32)30-22-29-6-5-19(31-22)23(26,27)28/h1-6,11-13,20-21,33H,7-10H2,(H,29,30,31)/t20-/m1/s1. The van der Waals surface area contributed by atoms with Gasteiger partial charge in [-0.1, -0.05) is 24.3 Å². The summed E-state index contributed by atoms with van der Waals surface area (Å²) in [5.41, 5.74) is 1.63. The molecule has 1 aliphatic heterocycles. The summed E-state index contributed by atoms with van der Waals surface area (Å²) < 4.78 is 70.1. The summed E-state index contributed by atoms with van der Waals surface area (Å²) in [6.07, 6.45) is -8.37. The maximum absolute atomic E-state index is 13.0. The Morgan fingerprint density at radius 2 is 1.68 bits per heavy atom. The number of rotatable bonds is 6. The quantitative estimate of drug-likeness (QED) is 0.482. The van der Waals surface area contributed by atoms with E-state index in [1.165, 1.54) is 12.1 Å². The van der Waals surface area contributed by atoms with Gasteiger partial charge < -0.3 is 20.1 Å². The fourth-order valence-corrected chi connectivity index (χ4v) is 3.58. The molecule has 0 aliphatic carbocycles. The fourth-order valence-electron chi connectivity index (χ4n) is 3.58. The highest BCUT2D eigenvalue weighted by molar-refractivity contribution is 5.76. The minimum atomic E-state index is -4.61. The van der Waals surface area contributed by atoms with Crippen LogP contribution in [0, 0.1) is 0 Å². The summed E-state index contributed by atoms with van der Waals surface area (Å²) in [5.74, 6) is -0.213. The van der Waals surface area contributed by atoms with Gasteiger partial charge in [0.2, 0.25) is 5.95 Å². The van der Waals surface area contributed by atoms with Gasteiger partial charge in [-0.3, -0.25) is 0 Å². The molecule has 11 heteroatoms. The van der Waals surface area contributed by atoms with Crippen LogP contribution in [0.15, 0.2) is 54.7 Å². The third-order valence-corrected chi connectivity index (χ3v) is 5.32. The third kappa shape index (κ3) is 5.60. The number of hydrogen-bond donors (Lipinski definition) is 2. The highest BCUT2D eigenvalue weighted by Crippen LogP contribution is 2.33. The second-order valence-corrected chi connectivity index (χ2v) is 7.66. The van der Waals surface area contributed by atoms with E-state index in [1.54, 1.807) is 24.3 Å². The number of nitrogens with zero attached hydrogens (tertiary/aromatic N) is 3. The first-order valence-electron chi connectivity index (χ1n) is 10.4. The lowest BCUT2D eigenvalue weighted by Gasteiger charge is -2.29. The monoisotopic (exact) mass is 480 g/mol. The molecule has 0 spiro atoms. The lowest BCUT2D eigenvalue weighted by molar-refractivity contribution is -0.141. The molecule has 1 fully saturated rings. The number of alkyl halides is 5. The highest BCUT2D eigenvalue weighted by atomic mass is 19.4. The van der Waals surface area contributed by atoms with Crippen LogP contribution in [0.4, 0.5) is 39.3 Å². The van der Waals surface area contributed by atoms with Gasteiger partial charge >= 0.3 is 6.18 Å². The second kappa shape index (κ2) is 9.90. The molecular weight excluding hydrogens is 459 g/mol. The van der Waals surface area contributed by atoms with Crippen molar-refractivity contribution in [3.63, 3.8) is 0 Å². The van der Waals surface area contributed by atoms with Crippen LogP contribution in [-0.4, -0.2) is 47.8 Å². The largest absolute Gasteiger partial charge is 0.433 e. The Labute approximate surface area is 192 Å². The van der Waals surface area contributed by atoms with Crippen LogP contribution in [-0.2, 0) is 10.9 Å². The fraction of sp³-hybridized carbons (Fsp3) is 0.304. The van der Waals surface area contributed by atoms with E-state index in [1.807, 2.05) is 6.07 Å². The number of aromatic nitrogens is 2. The van der Waals surface area contributed by atoms with Crippen molar-refractivity contribution in [3.8, 4) is 11.1 Å². The van der Waals surface area contributed by atoms with Crippen LogP contribution in [0.3, 0.4) is 0 Å². The predicted molar refractivity (Wildman–Crippen MR) is 116 cm³/mol. The number of aliphatic hydroxyl groups excluding tert-OH is 1. The Hall–Kier alpha value is -3.31. The van der Waals surface area contributed by atoms with Gasteiger partial charge in [-0.2, -0.15) is 13.2 Å². The molecule has 0 amide bonds. The van der Waals surface area contributed by atoms with Crippen molar-refractivity contribution < 1.29 is 31.8 Å². The number of halogens is 5. The van der Waals surface area contributed by atoms with Crippen LogP contribution < -0.4 is 10.2 Å². The van der Waals surface area contributed by atoms with Crippen LogP contribution in [0.2, 0.25) is 0 Å². The van der Waals surface area contributed by atoms with E-state index in [2.05, 4.69) is 20.2 Å². The van der Waals surface area contributed by atoms with Crippen molar-refractivity contribution in [2.75, 3.05) is 36.5 Å². The van der Waals surface area contributed by atoms with Gasteiger partial charge in [0.15, 0.2) is 0 Å². The zero-order valence-corrected chi connectivity index (χ0v) is 17.8. The minimum absolute atomic E-state index is 0.0822. The number of hydrogen-bond acceptors (Lipinski definition) is 6. The highest BCUT2D eigenvalue weighted by Gasteiger charge is 2.32. The molecule has 1 aliphatic rings. The van der Waals surface area contributed by atoms with Crippen LogP contribution in [0.25, 0.3) is 11.1 Å². The van der Waals surface area contributed by atoms with Gasteiger partial charge in [0.1, 0.15) is 11.8 Å². The van der Waals surface area contributed by atoms with Crippen LogP contribution in [0.5, 0.6) is 0 Å². The lowest BCUT2D eigenvalue weighted by atomic mass is 10.0. The molecule has 0 unspecified atom stereocenters. The molecule has 0 radical (unpaired) electrons. The van der Waals surface area contributed by atoms with Crippen molar-refractivity contribution in [2.24, 2.45) is 0 Å². The van der Waals surface area contributed by atoms with E-state index < -0.39 is 24.4 Å². The molecule has 1 saturated heterocycles. The minimum Gasteiger partial charge on any atom is -0.382 e. The van der Waals surface area contributed by atoms with Gasteiger partial charge in [0.05, 0.1) is 13.2 Å². The zero-order valence-electron chi connectivity index (χ0n) is 17.8. The van der Waals surface area contributed by atoms with Gasteiger partial charge in [-0.25, -0.2) is 18.7 Å². The SMILES string of the molecule is O[C@H](c1ccc(-c2cc(Nc3nccc(C(F)(F)F)n3)cc(N3CCOCC3)c2)cc1)C(F)F. The molecule has 180 valence electrons. The average molecular weight is 480 g/mol. The second-order valence-electron chi connectivity index (χ2n) is 7.66. The smallest absolute Gasteiger partial charge is 0.382 e. The first-order valence-corrected chi connectivity index (χ1v) is 10.4. The molecule has 34 heavy (non-hydrogen) atoms. The third-order valence-electron chi connectivity index (χ3n) is 5.32. The van der Waals surface area contributed by atoms with Crippen molar-refractivity contribution in [1.82, 2.24) is 9.97 Å². The molecule has 1 aromatic heterocycles. The summed E-state index contributed by atoms with van der Waals surface area (Å²) in [6, 6.07) is 12.2. The van der Waals surface area contributed by atoms with E-state index in [4.69, 9.17) is 4.74 Å². The van der Waals surface area contributed by atoms with Gasteiger partial charge in [-0.05, 0) is 41.0 Å². The molecule has 0 saturated carbocycles. The number of ether oxygens (including phenoxy) is 1. The molecule has 1 atom stereocenters. The number of morpholine rings is 1. The molecule has 0 bridgehead atoms. The topological polar surface area (TPSA) is 70.5 Å². The summed E-state index contributed by atoms with van der Waals surface area (Å²) in [4.78, 5) is 9.51. The first-order chi connectivity index (χ1) is 16.2. The Kier molecular flexibility index (Phi) is 6.94. The van der Waals surface area contributed by atoms with Crippen LogP contribution in [0.1, 0.15) is 17.4 Å². The summed E-state index contributed by atoms with van der Waals surface area (Å²) in [7, 11) is 0. The Balaban J connectivity index is 1.69. The molecular formula is C23H21F5N4O2. The normalized spacial score (nSPS) is 15.4. The van der Waals surface area contributed by atoms with E-state index in [9.17, 15) is 27.1 Å². The summed E-state index contributed by atoms with van der Waals surface area (Å²) in [6.45, 7) is 2.32. The molecule has 4 rings (SSSR count). The van der Waals surface area contributed by atoms with E-state index >= 15 is 0 Å². The van der Waals surface area contributed by atoms with Crippen molar-refractivity contribution in [1.29, 1.82) is 0 Å². The average Bonchev–Trinajstić information content (AvgIpc) is 2.83. The lowest BCUT2D eigenvalue weighted by Crippen LogP contribution is -2.36. The van der Waals surface area contributed by atoms with Crippen LogP contribution >= 0.6 is 0 Å². The van der Waals surface area contributed by atoms with E-state index in [-0.39, 0.29) is 11.5 Å². The van der Waals surface area contributed by atoms with E-state index in [0.29, 0.717) is 43.1 Å².